The first kappa shape index (κ1) is 15.0. The van der Waals surface area contributed by atoms with E-state index < -0.39 is 0 Å². The smallest absolute Gasteiger partial charge is 0.0461 e. The lowest BCUT2D eigenvalue weighted by atomic mass is 9.81. The van der Waals surface area contributed by atoms with E-state index in [0.717, 1.165) is 5.92 Å². The second-order valence-electron chi connectivity index (χ2n) is 5.52. The molecule has 1 heteroatoms. The van der Waals surface area contributed by atoms with E-state index in [9.17, 15) is 5.11 Å². The Labute approximate surface area is 96.3 Å². The third-order valence-corrected chi connectivity index (χ3v) is 3.84. The van der Waals surface area contributed by atoms with Crippen molar-refractivity contribution in [1.29, 1.82) is 0 Å². The van der Waals surface area contributed by atoms with Crippen LogP contribution in [0.5, 0.6) is 0 Å². The maximum atomic E-state index is 9.39. The highest BCUT2D eigenvalue weighted by atomic mass is 16.3. The molecule has 0 heterocycles. The van der Waals surface area contributed by atoms with Gasteiger partial charge in [0.2, 0.25) is 0 Å². The number of hydrogen-bond donors (Lipinski definition) is 1. The quantitative estimate of drug-likeness (QED) is 0.645. The summed E-state index contributed by atoms with van der Waals surface area (Å²) in [7, 11) is 0. The zero-order valence-electron chi connectivity index (χ0n) is 11.3. The zero-order valence-corrected chi connectivity index (χ0v) is 11.3. The molecule has 3 atom stereocenters. The Morgan fingerprint density at radius 1 is 0.933 bits per heavy atom. The van der Waals surface area contributed by atoms with Crippen LogP contribution >= 0.6 is 0 Å². The monoisotopic (exact) mass is 214 g/mol. The van der Waals surface area contributed by atoms with E-state index in [-0.39, 0.29) is 0 Å². The van der Waals surface area contributed by atoms with Crippen molar-refractivity contribution in [2.75, 3.05) is 6.61 Å². The molecule has 0 aliphatic carbocycles. The molecule has 15 heavy (non-hydrogen) atoms. The molecule has 0 rings (SSSR count). The Morgan fingerprint density at radius 3 is 1.93 bits per heavy atom. The molecule has 0 aromatic carbocycles. The lowest BCUT2D eigenvalue weighted by molar-refractivity contribution is 0.141. The molecule has 1 nitrogen and oxygen atoms in total. The maximum Gasteiger partial charge on any atom is 0.0461 e. The Balaban J connectivity index is 3.89. The first-order valence-electron chi connectivity index (χ1n) is 6.63. The van der Waals surface area contributed by atoms with E-state index in [2.05, 4.69) is 34.6 Å². The number of hydrogen-bond acceptors (Lipinski definition) is 1. The minimum absolute atomic E-state index is 0.359. The highest BCUT2D eigenvalue weighted by molar-refractivity contribution is 4.69. The van der Waals surface area contributed by atoms with Gasteiger partial charge in [-0.2, -0.15) is 0 Å². The Hall–Kier alpha value is -0.0400. The summed E-state index contributed by atoms with van der Waals surface area (Å²) in [4.78, 5) is 0. The maximum absolute atomic E-state index is 9.39. The molecule has 0 aromatic rings. The van der Waals surface area contributed by atoms with Crippen LogP contribution in [0.15, 0.2) is 0 Å². The van der Waals surface area contributed by atoms with Gasteiger partial charge in [-0.15, -0.1) is 0 Å². The van der Waals surface area contributed by atoms with Crippen molar-refractivity contribution in [3.05, 3.63) is 0 Å². The van der Waals surface area contributed by atoms with E-state index in [1.54, 1.807) is 0 Å². The van der Waals surface area contributed by atoms with Gasteiger partial charge in [0.1, 0.15) is 0 Å². The molecule has 1 N–H and O–H groups in total. The van der Waals surface area contributed by atoms with Crippen LogP contribution in [-0.2, 0) is 0 Å². The predicted octanol–water partition coefficient (Wildman–Crippen LogP) is 4.10. The minimum Gasteiger partial charge on any atom is -0.396 e. The number of aliphatic hydroxyl groups excluding tert-OH is 1. The van der Waals surface area contributed by atoms with Crippen molar-refractivity contribution >= 4 is 0 Å². The normalized spacial score (nSPS) is 17.8. The summed E-state index contributed by atoms with van der Waals surface area (Å²) in [5, 5.41) is 9.39. The fourth-order valence-electron chi connectivity index (χ4n) is 2.20. The van der Waals surface area contributed by atoms with Gasteiger partial charge in [0.15, 0.2) is 0 Å². The standard InChI is InChI=1S/C14H30O/c1-6-7-12(4)8-9-14(10-15)13(5)11(2)3/h11-15H,6-10H2,1-5H3. The number of rotatable bonds is 8. The molecule has 0 fully saturated rings. The minimum atomic E-state index is 0.359. The van der Waals surface area contributed by atoms with Gasteiger partial charge in [-0.3, -0.25) is 0 Å². The molecular weight excluding hydrogens is 184 g/mol. The second-order valence-corrected chi connectivity index (χ2v) is 5.52. The first-order chi connectivity index (χ1) is 7.02. The molecule has 0 saturated heterocycles. The van der Waals surface area contributed by atoms with Gasteiger partial charge in [0, 0.05) is 6.61 Å². The van der Waals surface area contributed by atoms with Gasteiger partial charge in [-0.25, -0.2) is 0 Å². The van der Waals surface area contributed by atoms with Gasteiger partial charge >= 0.3 is 0 Å². The van der Waals surface area contributed by atoms with Crippen LogP contribution in [0.1, 0.15) is 60.3 Å². The van der Waals surface area contributed by atoms with Gasteiger partial charge in [-0.05, 0) is 30.1 Å². The Kier molecular flexibility index (Phi) is 8.13. The lowest BCUT2D eigenvalue weighted by Gasteiger charge is -2.26. The molecule has 3 unspecified atom stereocenters. The van der Waals surface area contributed by atoms with Gasteiger partial charge in [0.25, 0.3) is 0 Å². The molecule has 0 saturated carbocycles. The van der Waals surface area contributed by atoms with Crippen LogP contribution in [0, 0.1) is 23.7 Å². The summed E-state index contributed by atoms with van der Waals surface area (Å²) in [6.07, 6.45) is 5.08. The molecule has 0 bridgehead atoms. The first-order valence-corrected chi connectivity index (χ1v) is 6.63. The van der Waals surface area contributed by atoms with Gasteiger partial charge in [0.05, 0.1) is 0 Å². The fraction of sp³-hybridized carbons (Fsp3) is 1.00. The molecule has 0 aliphatic heterocycles. The van der Waals surface area contributed by atoms with E-state index in [0.29, 0.717) is 24.4 Å². The van der Waals surface area contributed by atoms with Crippen LogP contribution in [0.4, 0.5) is 0 Å². The van der Waals surface area contributed by atoms with Crippen molar-refractivity contribution in [3.63, 3.8) is 0 Å². The molecule has 0 aromatic heterocycles. The van der Waals surface area contributed by atoms with Crippen LogP contribution in [0.25, 0.3) is 0 Å². The van der Waals surface area contributed by atoms with E-state index in [1.807, 2.05) is 0 Å². The fourth-order valence-corrected chi connectivity index (χ4v) is 2.20. The molecule has 0 radical (unpaired) electrons. The van der Waals surface area contributed by atoms with Crippen molar-refractivity contribution in [3.8, 4) is 0 Å². The molecular formula is C14H30O. The average molecular weight is 214 g/mol. The average Bonchev–Trinajstić information content (AvgIpc) is 2.18. The van der Waals surface area contributed by atoms with E-state index >= 15 is 0 Å². The van der Waals surface area contributed by atoms with Crippen LogP contribution in [0.2, 0.25) is 0 Å². The summed E-state index contributed by atoms with van der Waals surface area (Å²) in [5.41, 5.74) is 0. The van der Waals surface area contributed by atoms with Crippen molar-refractivity contribution in [1.82, 2.24) is 0 Å². The van der Waals surface area contributed by atoms with E-state index in [4.69, 9.17) is 0 Å². The molecule has 0 spiro atoms. The summed E-state index contributed by atoms with van der Waals surface area (Å²) >= 11 is 0. The molecule has 0 amide bonds. The zero-order chi connectivity index (χ0) is 11.8. The predicted molar refractivity (Wildman–Crippen MR) is 67.9 cm³/mol. The molecule has 92 valence electrons. The highest BCUT2D eigenvalue weighted by Gasteiger charge is 2.19. The third-order valence-electron chi connectivity index (χ3n) is 3.84. The Morgan fingerprint density at radius 2 is 1.53 bits per heavy atom. The summed E-state index contributed by atoms with van der Waals surface area (Å²) in [5.74, 6) is 2.65. The number of aliphatic hydroxyl groups is 1. The lowest BCUT2D eigenvalue weighted by Crippen LogP contribution is -2.21. The van der Waals surface area contributed by atoms with Crippen LogP contribution < -0.4 is 0 Å². The van der Waals surface area contributed by atoms with Crippen LogP contribution in [0.3, 0.4) is 0 Å². The third kappa shape index (κ3) is 6.19. The van der Waals surface area contributed by atoms with Crippen molar-refractivity contribution < 1.29 is 5.11 Å². The summed E-state index contributed by atoms with van der Waals surface area (Å²) in [6, 6.07) is 0. The van der Waals surface area contributed by atoms with Crippen molar-refractivity contribution in [2.24, 2.45) is 23.7 Å². The van der Waals surface area contributed by atoms with Gasteiger partial charge in [-0.1, -0.05) is 53.9 Å². The topological polar surface area (TPSA) is 20.2 Å². The van der Waals surface area contributed by atoms with Gasteiger partial charge < -0.3 is 5.11 Å². The molecule has 0 aliphatic rings. The second kappa shape index (κ2) is 8.15. The SMILES string of the molecule is CCCC(C)CCC(CO)C(C)C(C)C. The highest BCUT2D eigenvalue weighted by Crippen LogP contribution is 2.26. The summed E-state index contributed by atoms with van der Waals surface area (Å²) < 4.78 is 0. The summed E-state index contributed by atoms with van der Waals surface area (Å²) in [6.45, 7) is 11.7. The van der Waals surface area contributed by atoms with Crippen molar-refractivity contribution in [2.45, 2.75) is 60.3 Å². The largest absolute Gasteiger partial charge is 0.396 e. The Bertz CT molecular complexity index is 142. The van der Waals surface area contributed by atoms with E-state index in [1.165, 1.54) is 25.7 Å². The van der Waals surface area contributed by atoms with Crippen LogP contribution in [-0.4, -0.2) is 11.7 Å².